The van der Waals surface area contributed by atoms with Gasteiger partial charge in [-0.3, -0.25) is 0 Å². The predicted molar refractivity (Wildman–Crippen MR) is 67.4 cm³/mol. The molecule has 1 atom stereocenters. The molecule has 0 saturated heterocycles. The van der Waals surface area contributed by atoms with Crippen LogP contribution < -0.4 is 5.73 Å². The van der Waals surface area contributed by atoms with Gasteiger partial charge in [0.2, 0.25) is 5.89 Å². The molecule has 1 heterocycles. The van der Waals surface area contributed by atoms with Crippen molar-refractivity contribution in [2.75, 3.05) is 13.7 Å². The van der Waals surface area contributed by atoms with E-state index >= 15 is 0 Å². The molecule has 0 fully saturated rings. The van der Waals surface area contributed by atoms with Crippen molar-refractivity contribution in [2.45, 2.75) is 12.5 Å². The summed E-state index contributed by atoms with van der Waals surface area (Å²) in [6.45, 7) is 0.341. The van der Waals surface area contributed by atoms with E-state index in [0.717, 1.165) is 5.56 Å². The first-order valence-electron chi connectivity index (χ1n) is 5.51. The van der Waals surface area contributed by atoms with Crippen molar-refractivity contribution in [1.29, 1.82) is 0 Å². The molecule has 0 aliphatic carbocycles. The Balaban J connectivity index is 2.09. The van der Waals surface area contributed by atoms with Crippen LogP contribution in [-0.2, 0) is 11.2 Å². The monoisotopic (exact) mass is 267 g/mol. The normalized spacial score (nSPS) is 12.6. The number of rotatable bonds is 5. The van der Waals surface area contributed by atoms with Gasteiger partial charge in [-0.05, 0) is 11.6 Å². The van der Waals surface area contributed by atoms with E-state index in [1.165, 1.54) is 0 Å². The van der Waals surface area contributed by atoms with Gasteiger partial charge in [0.1, 0.15) is 6.04 Å². The van der Waals surface area contributed by atoms with Crippen LogP contribution in [0.3, 0.4) is 0 Å². The van der Waals surface area contributed by atoms with Gasteiger partial charge in [-0.15, -0.1) is 0 Å². The molecule has 0 aliphatic heterocycles. The lowest BCUT2D eigenvalue weighted by Gasteiger charge is -2.03. The summed E-state index contributed by atoms with van der Waals surface area (Å²) in [6, 6.07) is 7.14. The van der Waals surface area contributed by atoms with Gasteiger partial charge in [0.25, 0.3) is 0 Å². The summed E-state index contributed by atoms with van der Waals surface area (Å²) in [4.78, 5) is 4.22. The molecule has 0 aliphatic rings. The number of nitrogens with two attached hydrogens (primary N) is 1. The van der Waals surface area contributed by atoms with Crippen LogP contribution in [0.15, 0.2) is 28.8 Å². The molecule has 0 saturated carbocycles. The highest BCUT2D eigenvalue weighted by Crippen LogP contribution is 2.18. The number of hydrogen-bond acceptors (Lipinski definition) is 5. The van der Waals surface area contributed by atoms with Crippen molar-refractivity contribution in [3.05, 3.63) is 46.6 Å². The van der Waals surface area contributed by atoms with Crippen molar-refractivity contribution in [2.24, 2.45) is 5.73 Å². The molecule has 2 aromatic rings. The molecule has 0 radical (unpaired) electrons. The molecule has 96 valence electrons. The van der Waals surface area contributed by atoms with Gasteiger partial charge in [0.15, 0.2) is 5.82 Å². The first-order chi connectivity index (χ1) is 8.70. The fourth-order valence-electron chi connectivity index (χ4n) is 1.55. The summed E-state index contributed by atoms with van der Waals surface area (Å²) in [7, 11) is 1.57. The first-order valence-corrected chi connectivity index (χ1v) is 5.89. The Morgan fingerprint density at radius 3 is 2.94 bits per heavy atom. The topological polar surface area (TPSA) is 74.2 Å². The van der Waals surface area contributed by atoms with Gasteiger partial charge in [0, 0.05) is 18.6 Å². The summed E-state index contributed by atoms with van der Waals surface area (Å²) in [5.74, 6) is 0.934. The first kappa shape index (κ1) is 13.0. The summed E-state index contributed by atoms with van der Waals surface area (Å²) in [5.41, 5.74) is 6.75. The maximum atomic E-state index is 6.06. The Morgan fingerprint density at radius 2 is 2.22 bits per heavy atom. The molecule has 0 bridgehead atoms. The van der Waals surface area contributed by atoms with Crippen LogP contribution in [-0.4, -0.2) is 23.9 Å². The Kier molecular flexibility index (Phi) is 4.30. The molecule has 2 N–H and O–H groups in total. The van der Waals surface area contributed by atoms with Gasteiger partial charge in [-0.25, -0.2) is 0 Å². The van der Waals surface area contributed by atoms with Crippen molar-refractivity contribution in [3.63, 3.8) is 0 Å². The van der Waals surface area contributed by atoms with Crippen LogP contribution >= 0.6 is 11.6 Å². The van der Waals surface area contributed by atoms with E-state index in [1.54, 1.807) is 7.11 Å². The minimum atomic E-state index is -0.400. The van der Waals surface area contributed by atoms with E-state index in [-0.39, 0.29) is 0 Å². The van der Waals surface area contributed by atoms with Gasteiger partial charge in [-0.1, -0.05) is 35.0 Å². The second-order valence-electron chi connectivity index (χ2n) is 3.88. The van der Waals surface area contributed by atoms with Crippen molar-refractivity contribution in [3.8, 4) is 0 Å². The van der Waals surface area contributed by atoms with Crippen LogP contribution in [0.2, 0.25) is 5.02 Å². The van der Waals surface area contributed by atoms with E-state index < -0.39 is 6.04 Å². The number of halogens is 1. The summed E-state index contributed by atoms with van der Waals surface area (Å²) >= 11 is 6.06. The Hall–Kier alpha value is -1.43. The van der Waals surface area contributed by atoms with Gasteiger partial charge in [0.05, 0.1) is 6.61 Å². The zero-order chi connectivity index (χ0) is 13.0. The van der Waals surface area contributed by atoms with Crippen molar-refractivity contribution < 1.29 is 9.26 Å². The number of methoxy groups -OCH3 is 1. The van der Waals surface area contributed by atoms with E-state index in [0.29, 0.717) is 29.8 Å². The minimum Gasteiger partial charge on any atom is -0.383 e. The summed E-state index contributed by atoms with van der Waals surface area (Å²) in [6.07, 6.45) is 0.517. The fourth-order valence-corrected chi connectivity index (χ4v) is 1.76. The third-order valence-electron chi connectivity index (χ3n) is 2.45. The molecule has 0 amide bonds. The molecule has 0 spiro atoms. The molecule has 2 rings (SSSR count). The van der Waals surface area contributed by atoms with Crippen LogP contribution in [0.1, 0.15) is 23.3 Å². The van der Waals surface area contributed by atoms with E-state index in [2.05, 4.69) is 10.1 Å². The zero-order valence-electron chi connectivity index (χ0n) is 9.97. The van der Waals surface area contributed by atoms with Crippen LogP contribution in [0, 0.1) is 0 Å². The Morgan fingerprint density at radius 1 is 1.44 bits per heavy atom. The molecule has 5 nitrogen and oxygen atoms in total. The Labute approximate surface area is 110 Å². The largest absolute Gasteiger partial charge is 0.383 e. The second kappa shape index (κ2) is 5.95. The highest BCUT2D eigenvalue weighted by Gasteiger charge is 2.15. The van der Waals surface area contributed by atoms with E-state index in [1.807, 2.05) is 24.3 Å². The number of nitrogens with zero attached hydrogens (tertiary/aromatic N) is 2. The van der Waals surface area contributed by atoms with Gasteiger partial charge < -0.3 is 15.0 Å². The van der Waals surface area contributed by atoms with Crippen LogP contribution in [0.5, 0.6) is 0 Å². The standard InChI is InChI=1S/C12H14ClN3O2/c1-17-7-10(14)12-15-11(16-18-12)6-8-4-2-3-5-9(8)13/h2-5,10H,6-7,14H2,1H3. The van der Waals surface area contributed by atoms with E-state index in [4.69, 9.17) is 26.6 Å². The lowest BCUT2D eigenvalue weighted by Crippen LogP contribution is -2.16. The van der Waals surface area contributed by atoms with Gasteiger partial charge >= 0.3 is 0 Å². The quantitative estimate of drug-likeness (QED) is 0.896. The number of benzene rings is 1. The number of hydrogen-bond donors (Lipinski definition) is 1. The third-order valence-corrected chi connectivity index (χ3v) is 2.82. The average Bonchev–Trinajstić information content (AvgIpc) is 2.81. The average molecular weight is 268 g/mol. The van der Waals surface area contributed by atoms with Crippen LogP contribution in [0.25, 0.3) is 0 Å². The molecular formula is C12H14ClN3O2. The molecule has 1 unspecified atom stereocenters. The highest BCUT2D eigenvalue weighted by atomic mass is 35.5. The minimum absolute atomic E-state index is 0.341. The smallest absolute Gasteiger partial charge is 0.245 e. The second-order valence-corrected chi connectivity index (χ2v) is 4.29. The fraction of sp³-hybridized carbons (Fsp3) is 0.333. The molecular weight excluding hydrogens is 254 g/mol. The zero-order valence-corrected chi connectivity index (χ0v) is 10.7. The van der Waals surface area contributed by atoms with Gasteiger partial charge in [-0.2, -0.15) is 4.98 Å². The lowest BCUT2D eigenvalue weighted by atomic mass is 10.1. The molecule has 18 heavy (non-hydrogen) atoms. The molecule has 1 aromatic heterocycles. The summed E-state index contributed by atoms with van der Waals surface area (Å²) < 4.78 is 10.0. The van der Waals surface area contributed by atoms with E-state index in [9.17, 15) is 0 Å². The van der Waals surface area contributed by atoms with Crippen LogP contribution in [0.4, 0.5) is 0 Å². The van der Waals surface area contributed by atoms with Crippen molar-refractivity contribution >= 4 is 11.6 Å². The maximum absolute atomic E-state index is 6.06. The van der Waals surface area contributed by atoms with Crippen molar-refractivity contribution in [1.82, 2.24) is 10.1 Å². The maximum Gasteiger partial charge on any atom is 0.245 e. The Bertz CT molecular complexity index is 516. The SMILES string of the molecule is COCC(N)c1nc(Cc2ccccc2Cl)no1. The molecule has 6 heteroatoms. The highest BCUT2D eigenvalue weighted by molar-refractivity contribution is 6.31. The lowest BCUT2D eigenvalue weighted by molar-refractivity contribution is 0.166. The number of aromatic nitrogens is 2. The molecule has 1 aromatic carbocycles. The number of ether oxygens (including phenoxy) is 1. The third kappa shape index (κ3) is 3.07. The summed E-state index contributed by atoms with van der Waals surface area (Å²) in [5, 5.41) is 4.56. The predicted octanol–water partition coefficient (Wildman–Crippen LogP) is 1.96.